The van der Waals surface area contributed by atoms with Crippen molar-refractivity contribution in [2.75, 3.05) is 19.6 Å². The molecule has 2 rings (SSSR count). The fraction of sp³-hybridized carbons (Fsp3) is 0.750. The van der Waals surface area contributed by atoms with Gasteiger partial charge in [0.15, 0.2) is 0 Å². The van der Waals surface area contributed by atoms with Crippen LogP contribution in [-0.2, 0) is 6.54 Å². The van der Waals surface area contributed by atoms with E-state index in [9.17, 15) is 0 Å². The van der Waals surface area contributed by atoms with Gasteiger partial charge in [0.25, 0.3) is 0 Å². The third-order valence-corrected chi connectivity index (χ3v) is 4.73. The van der Waals surface area contributed by atoms with Crippen molar-refractivity contribution in [2.24, 2.45) is 17.1 Å². The van der Waals surface area contributed by atoms with Crippen molar-refractivity contribution in [3.8, 4) is 0 Å². The number of nitrogens with zero attached hydrogens (tertiary/aromatic N) is 1. The second-order valence-electron chi connectivity index (χ2n) is 6.27. The highest BCUT2D eigenvalue weighted by Gasteiger charge is 2.34. The van der Waals surface area contributed by atoms with Crippen molar-refractivity contribution in [2.45, 2.75) is 46.1 Å². The maximum Gasteiger partial charge on any atom is 0.117 e. The third kappa shape index (κ3) is 3.83. The molecule has 1 fully saturated rings. The Morgan fingerprint density at radius 3 is 2.68 bits per heavy atom. The molecule has 0 spiro atoms. The van der Waals surface area contributed by atoms with Gasteiger partial charge in [0.05, 0.1) is 12.8 Å². The zero-order valence-electron chi connectivity index (χ0n) is 12.4. The first-order chi connectivity index (χ1) is 9.17. The summed E-state index contributed by atoms with van der Waals surface area (Å²) in [4.78, 5) is 2.47. The summed E-state index contributed by atoms with van der Waals surface area (Å²) in [5.41, 5.74) is 6.44. The smallest absolute Gasteiger partial charge is 0.117 e. The van der Waals surface area contributed by atoms with E-state index in [4.69, 9.17) is 10.2 Å². The normalized spacial score (nSPS) is 27.9. The summed E-state index contributed by atoms with van der Waals surface area (Å²) in [6.45, 7) is 8.46. The first-order valence-corrected chi connectivity index (χ1v) is 7.62. The van der Waals surface area contributed by atoms with Gasteiger partial charge in [-0.2, -0.15) is 0 Å². The fourth-order valence-electron chi connectivity index (χ4n) is 3.18. The zero-order valence-corrected chi connectivity index (χ0v) is 12.4. The van der Waals surface area contributed by atoms with Crippen LogP contribution >= 0.6 is 0 Å². The van der Waals surface area contributed by atoms with E-state index >= 15 is 0 Å². The van der Waals surface area contributed by atoms with E-state index in [0.29, 0.717) is 5.41 Å². The summed E-state index contributed by atoms with van der Waals surface area (Å²) in [5, 5.41) is 0. The minimum Gasteiger partial charge on any atom is -0.468 e. The first kappa shape index (κ1) is 14.6. The van der Waals surface area contributed by atoms with Crippen molar-refractivity contribution in [3.63, 3.8) is 0 Å². The van der Waals surface area contributed by atoms with Gasteiger partial charge < -0.3 is 10.2 Å². The van der Waals surface area contributed by atoms with Crippen LogP contribution in [0.2, 0.25) is 0 Å². The van der Waals surface area contributed by atoms with Crippen molar-refractivity contribution in [1.29, 1.82) is 0 Å². The van der Waals surface area contributed by atoms with Crippen LogP contribution in [0.5, 0.6) is 0 Å². The van der Waals surface area contributed by atoms with Crippen LogP contribution in [0.4, 0.5) is 0 Å². The van der Waals surface area contributed by atoms with Crippen LogP contribution in [0.15, 0.2) is 22.8 Å². The summed E-state index contributed by atoms with van der Waals surface area (Å²) in [6, 6.07) is 4.02. The van der Waals surface area contributed by atoms with Gasteiger partial charge in [-0.05, 0) is 49.4 Å². The second kappa shape index (κ2) is 6.58. The van der Waals surface area contributed by atoms with E-state index in [1.165, 1.54) is 25.7 Å². The van der Waals surface area contributed by atoms with Gasteiger partial charge in [-0.25, -0.2) is 0 Å². The van der Waals surface area contributed by atoms with Crippen LogP contribution in [0.3, 0.4) is 0 Å². The Morgan fingerprint density at radius 2 is 2.16 bits per heavy atom. The molecule has 1 aliphatic carbocycles. The van der Waals surface area contributed by atoms with Crippen LogP contribution in [0, 0.1) is 11.3 Å². The van der Waals surface area contributed by atoms with Crippen molar-refractivity contribution < 1.29 is 4.42 Å². The van der Waals surface area contributed by atoms with Gasteiger partial charge in [0.1, 0.15) is 5.76 Å². The summed E-state index contributed by atoms with van der Waals surface area (Å²) in [6.07, 6.45) is 6.97. The molecule has 0 atom stereocenters. The van der Waals surface area contributed by atoms with E-state index < -0.39 is 0 Å². The molecule has 0 bridgehead atoms. The van der Waals surface area contributed by atoms with Crippen LogP contribution in [0.25, 0.3) is 0 Å². The Hall–Kier alpha value is -0.800. The molecule has 0 aliphatic heterocycles. The van der Waals surface area contributed by atoms with Crippen LogP contribution in [-0.4, -0.2) is 24.5 Å². The Labute approximate surface area is 117 Å². The monoisotopic (exact) mass is 264 g/mol. The van der Waals surface area contributed by atoms with E-state index in [1.807, 2.05) is 6.07 Å². The van der Waals surface area contributed by atoms with E-state index in [2.05, 4.69) is 24.8 Å². The largest absolute Gasteiger partial charge is 0.468 e. The molecule has 0 amide bonds. The molecule has 3 nitrogen and oxygen atoms in total. The second-order valence-corrected chi connectivity index (χ2v) is 6.27. The summed E-state index contributed by atoms with van der Waals surface area (Å²) < 4.78 is 5.47. The first-order valence-electron chi connectivity index (χ1n) is 7.62. The molecule has 0 saturated heterocycles. The molecule has 2 N–H and O–H groups in total. The molecule has 1 aromatic rings. The zero-order chi connectivity index (χ0) is 13.7. The lowest BCUT2D eigenvalue weighted by Crippen LogP contribution is -2.44. The predicted octanol–water partition coefficient (Wildman–Crippen LogP) is 3.26. The molecular formula is C16H28N2O. The minimum absolute atomic E-state index is 0.328. The fourth-order valence-corrected chi connectivity index (χ4v) is 3.18. The topological polar surface area (TPSA) is 42.4 Å². The number of furan rings is 1. The SMILES string of the molecule is CCN(Cc1ccco1)CC1(CN)CCC(C)CC1. The molecule has 0 unspecified atom stereocenters. The average molecular weight is 264 g/mol. The Bertz CT molecular complexity index is 353. The van der Waals surface area contributed by atoms with Gasteiger partial charge in [0.2, 0.25) is 0 Å². The Kier molecular flexibility index (Phi) is 5.06. The van der Waals surface area contributed by atoms with Crippen molar-refractivity contribution >= 4 is 0 Å². The van der Waals surface area contributed by atoms with Crippen molar-refractivity contribution in [1.82, 2.24) is 4.90 Å². The molecule has 3 heteroatoms. The molecule has 1 saturated carbocycles. The van der Waals surface area contributed by atoms with E-state index in [1.54, 1.807) is 6.26 Å². The molecule has 1 heterocycles. The number of hydrogen-bond acceptors (Lipinski definition) is 3. The van der Waals surface area contributed by atoms with Gasteiger partial charge >= 0.3 is 0 Å². The summed E-state index contributed by atoms with van der Waals surface area (Å²) >= 11 is 0. The maximum atomic E-state index is 6.11. The summed E-state index contributed by atoms with van der Waals surface area (Å²) in [5.74, 6) is 1.93. The third-order valence-electron chi connectivity index (χ3n) is 4.73. The van der Waals surface area contributed by atoms with Gasteiger partial charge in [-0.15, -0.1) is 0 Å². The molecular weight excluding hydrogens is 236 g/mol. The van der Waals surface area contributed by atoms with Gasteiger partial charge in [0, 0.05) is 6.54 Å². The molecule has 0 radical (unpaired) electrons. The lowest BCUT2D eigenvalue weighted by molar-refractivity contribution is 0.0899. The van der Waals surface area contributed by atoms with Crippen molar-refractivity contribution in [3.05, 3.63) is 24.2 Å². The minimum atomic E-state index is 0.328. The van der Waals surface area contributed by atoms with E-state index in [0.717, 1.165) is 37.9 Å². The van der Waals surface area contributed by atoms with Gasteiger partial charge in [-0.3, -0.25) is 4.90 Å². The van der Waals surface area contributed by atoms with Crippen LogP contribution < -0.4 is 5.73 Å². The number of hydrogen-bond donors (Lipinski definition) is 1. The van der Waals surface area contributed by atoms with E-state index in [-0.39, 0.29) is 0 Å². The molecule has 19 heavy (non-hydrogen) atoms. The molecule has 1 aliphatic rings. The number of rotatable bonds is 6. The predicted molar refractivity (Wildman–Crippen MR) is 78.8 cm³/mol. The lowest BCUT2D eigenvalue weighted by atomic mass is 9.70. The highest BCUT2D eigenvalue weighted by atomic mass is 16.3. The van der Waals surface area contributed by atoms with Crippen LogP contribution in [0.1, 0.15) is 45.3 Å². The molecule has 0 aromatic carbocycles. The molecule has 1 aromatic heterocycles. The Morgan fingerprint density at radius 1 is 1.42 bits per heavy atom. The quantitative estimate of drug-likeness (QED) is 0.857. The summed E-state index contributed by atoms with van der Waals surface area (Å²) in [7, 11) is 0. The lowest BCUT2D eigenvalue weighted by Gasteiger charge is -2.41. The van der Waals surface area contributed by atoms with Gasteiger partial charge in [-0.1, -0.05) is 26.7 Å². The average Bonchev–Trinajstić information content (AvgIpc) is 2.94. The molecule has 108 valence electrons. The maximum absolute atomic E-state index is 6.11. The Balaban J connectivity index is 1.95. The standard InChI is InChI=1S/C16H28N2O/c1-3-18(11-15-5-4-10-19-15)13-16(12-17)8-6-14(2)7-9-16/h4-5,10,14H,3,6-9,11-13,17H2,1-2H3. The highest BCUT2D eigenvalue weighted by molar-refractivity contribution is 4.98. The highest BCUT2D eigenvalue weighted by Crippen LogP contribution is 2.38. The number of nitrogens with two attached hydrogens (primary N) is 1.